The highest BCUT2D eigenvalue weighted by Gasteiger charge is 2.32. The van der Waals surface area contributed by atoms with Crippen LogP contribution in [0.15, 0.2) is 24.8 Å². The zero-order valence-electron chi connectivity index (χ0n) is 7.71. The molecule has 1 aromatic rings. The Hall–Kier alpha value is -1.49. The van der Waals surface area contributed by atoms with E-state index in [0.29, 0.717) is 5.56 Å². The van der Waals surface area contributed by atoms with Gasteiger partial charge in [0.15, 0.2) is 0 Å². The number of halogens is 3. The number of aliphatic hydroxyl groups is 1. The summed E-state index contributed by atoms with van der Waals surface area (Å²) in [5.74, 6) is -0.401. The molecule has 0 aromatic heterocycles. The van der Waals surface area contributed by atoms with Gasteiger partial charge in [-0.1, -0.05) is 24.8 Å². The summed E-state index contributed by atoms with van der Waals surface area (Å²) >= 11 is 0. The van der Waals surface area contributed by atoms with Crippen LogP contribution in [-0.4, -0.2) is 11.5 Å². The minimum Gasteiger partial charge on any atom is -0.405 e. The Balaban J connectivity index is 3.06. The fourth-order valence-corrected chi connectivity index (χ4v) is 1.05. The van der Waals surface area contributed by atoms with E-state index in [0.717, 1.165) is 0 Å². The first-order valence-corrected chi connectivity index (χ1v) is 4.08. The van der Waals surface area contributed by atoms with Crippen molar-refractivity contribution in [2.24, 2.45) is 0 Å². The number of alkyl halides is 3. The molecule has 0 aliphatic heterocycles. The zero-order valence-corrected chi connectivity index (χ0v) is 7.71. The second-order valence-electron chi connectivity index (χ2n) is 2.78. The summed E-state index contributed by atoms with van der Waals surface area (Å²) in [6, 6.07) is 4.08. The fourth-order valence-electron chi connectivity index (χ4n) is 1.05. The second-order valence-corrected chi connectivity index (χ2v) is 2.78. The summed E-state index contributed by atoms with van der Waals surface area (Å²) in [5, 5.41) is 8.81. The van der Waals surface area contributed by atoms with E-state index in [1.807, 2.05) is 0 Å². The Labute approximate surface area is 84.6 Å². The average Bonchev–Trinajstić information content (AvgIpc) is 2.15. The molecule has 0 heterocycles. The first-order valence-electron chi connectivity index (χ1n) is 4.08. The largest absolute Gasteiger partial charge is 0.573 e. The zero-order chi connectivity index (χ0) is 11.5. The Morgan fingerprint density at radius 1 is 1.40 bits per heavy atom. The van der Waals surface area contributed by atoms with Crippen LogP contribution in [0.25, 0.3) is 6.08 Å². The molecule has 0 spiro atoms. The molecule has 1 rings (SSSR count). The van der Waals surface area contributed by atoms with Crippen molar-refractivity contribution in [2.75, 3.05) is 0 Å². The standard InChI is InChI=1S/C10H9F3O2/c1-2-7-3-4-8(6-14)9(5-7)15-10(11,12)13/h2-5,14H,1,6H2. The molecule has 2 nitrogen and oxygen atoms in total. The highest BCUT2D eigenvalue weighted by Crippen LogP contribution is 2.27. The molecular formula is C10H9F3O2. The molecule has 0 aliphatic rings. The third-order valence-electron chi connectivity index (χ3n) is 1.72. The van der Waals surface area contributed by atoms with Gasteiger partial charge in [0.2, 0.25) is 0 Å². The van der Waals surface area contributed by atoms with Gasteiger partial charge in [0.1, 0.15) is 5.75 Å². The van der Waals surface area contributed by atoms with Crippen molar-refractivity contribution in [3.05, 3.63) is 35.9 Å². The lowest BCUT2D eigenvalue weighted by atomic mass is 10.1. The molecule has 0 saturated carbocycles. The minimum absolute atomic E-state index is 0.0814. The Morgan fingerprint density at radius 2 is 2.07 bits per heavy atom. The highest BCUT2D eigenvalue weighted by atomic mass is 19.4. The van der Waals surface area contributed by atoms with Crippen LogP contribution in [0.2, 0.25) is 0 Å². The van der Waals surface area contributed by atoms with Gasteiger partial charge in [-0.05, 0) is 11.6 Å². The van der Waals surface area contributed by atoms with E-state index in [9.17, 15) is 13.2 Å². The topological polar surface area (TPSA) is 29.5 Å². The molecule has 0 unspecified atom stereocenters. The van der Waals surface area contributed by atoms with Crippen molar-refractivity contribution in [3.63, 3.8) is 0 Å². The smallest absolute Gasteiger partial charge is 0.405 e. The third-order valence-corrected chi connectivity index (χ3v) is 1.72. The van der Waals surface area contributed by atoms with Crippen molar-refractivity contribution in [1.29, 1.82) is 0 Å². The second kappa shape index (κ2) is 4.35. The Bertz CT molecular complexity index is 358. The molecule has 1 aromatic carbocycles. The van der Waals surface area contributed by atoms with Crippen LogP contribution in [0.4, 0.5) is 13.2 Å². The van der Waals surface area contributed by atoms with E-state index in [4.69, 9.17) is 5.11 Å². The maximum atomic E-state index is 12.0. The van der Waals surface area contributed by atoms with Crippen LogP contribution in [-0.2, 0) is 6.61 Å². The average molecular weight is 218 g/mol. The van der Waals surface area contributed by atoms with Gasteiger partial charge in [0.05, 0.1) is 6.61 Å². The summed E-state index contributed by atoms with van der Waals surface area (Å²) in [6.45, 7) is 2.91. The van der Waals surface area contributed by atoms with Gasteiger partial charge in [-0.2, -0.15) is 0 Å². The lowest BCUT2D eigenvalue weighted by Crippen LogP contribution is -2.18. The van der Waals surface area contributed by atoms with Gasteiger partial charge < -0.3 is 9.84 Å². The maximum absolute atomic E-state index is 12.0. The van der Waals surface area contributed by atoms with Crippen LogP contribution < -0.4 is 4.74 Å². The Kier molecular flexibility index (Phi) is 3.36. The molecule has 0 atom stereocenters. The third kappa shape index (κ3) is 3.28. The van der Waals surface area contributed by atoms with Crippen LogP contribution >= 0.6 is 0 Å². The van der Waals surface area contributed by atoms with Gasteiger partial charge in [-0.25, -0.2) is 0 Å². The van der Waals surface area contributed by atoms with Crippen molar-refractivity contribution in [1.82, 2.24) is 0 Å². The van der Waals surface area contributed by atoms with E-state index in [1.54, 1.807) is 6.07 Å². The van der Waals surface area contributed by atoms with E-state index in [1.165, 1.54) is 18.2 Å². The maximum Gasteiger partial charge on any atom is 0.573 e. The first kappa shape index (κ1) is 11.6. The van der Waals surface area contributed by atoms with Gasteiger partial charge in [-0.3, -0.25) is 0 Å². The van der Waals surface area contributed by atoms with E-state index >= 15 is 0 Å². The highest BCUT2D eigenvalue weighted by molar-refractivity contribution is 5.52. The number of ether oxygens (including phenoxy) is 1. The molecule has 0 saturated heterocycles. The molecule has 1 N–H and O–H groups in total. The molecule has 0 amide bonds. The van der Waals surface area contributed by atoms with Crippen molar-refractivity contribution in [3.8, 4) is 5.75 Å². The van der Waals surface area contributed by atoms with Crippen LogP contribution in [0.5, 0.6) is 5.75 Å². The summed E-state index contributed by atoms with van der Waals surface area (Å²) in [4.78, 5) is 0. The number of rotatable bonds is 3. The van der Waals surface area contributed by atoms with Gasteiger partial charge in [-0.15, -0.1) is 13.2 Å². The molecule has 0 bridgehead atoms. The lowest BCUT2D eigenvalue weighted by Gasteiger charge is -2.12. The van der Waals surface area contributed by atoms with E-state index < -0.39 is 18.7 Å². The monoisotopic (exact) mass is 218 g/mol. The molecule has 0 fully saturated rings. The molecule has 5 heteroatoms. The molecule has 15 heavy (non-hydrogen) atoms. The van der Waals surface area contributed by atoms with Crippen LogP contribution in [0, 0.1) is 0 Å². The Morgan fingerprint density at radius 3 is 2.53 bits per heavy atom. The first-order chi connectivity index (χ1) is 6.96. The summed E-state index contributed by atoms with van der Waals surface area (Å²) in [5.41, 5.74) is 0.573. The number of hydrogen-bond acceptors (Lipinski definition) is 2. The number of hydrogen-bond donors (Lipinski definition) is 1. The lowest BCUT2D eigenvalue weighted by molar-refractivity contribution is -0.275. The number of benzene rings is 1. The molecular weight excluding hydrogens is 209 g/mol. The minimum atomic E-state index is -4.76. The van der Waals surface area contributed by atoms with Crippen molar-refractivity contribution in [2.45, 2.75) is 13.0 Å². The van der Waals surface area contributed by atoms with Crippen LogP contribution in [0.3, 0.4) is 0 Å². The summed E-state index contributed by atoms with van der Waals surface area (Å²) < 4.78 is 39.6. The molecule has 0 aliphatic carbocycles. The van der Waals surface area contributed by atoms with E-state index in [-0.39, 0.29) is 5.56 Å². The van der Waals surface area contributed by atoms with Crippen molar-refractivity contribution < 1.29 is 23.0 Å². The summed E-state index contributed by atoms with van der Waals surface area (Å²) in [6.07, 6.45) is -3.37. The van der Waals surface area contributed by atoms with Crippen molar-refractivity contribution >= 4 is 6.08 Å². The predicted octanol–water partition coefficient (Wildman–Crippen LogP) is 2.72. The number of aliphatic hydroxyl groups excluding tert-OH is 1. The van der Waals surface area contributed by atoms with Gasteiger partial charge in [0, 0.05) is 5.56 Å². The normalized spacial score (nSPS) is 11.2. The quantitative estimate of drug-likeness (QED) is 0.845. The SMILES string of the molecule is C=Cc1ccc(CO)c(OC(F)(F)F)c1. The van der Waals surface area contributed by atoms with Gasteiger partial charge >= 0.3 is 6.36 Å². The molecule has 82 valence electrons. The summed E-state index contributed by atoms with van der Waals surface area (Å²) in [7, 11) is 0. The molecule has 0 radical (unpaired) electrons. The van der Waals surface area contributed by atoms with E-state index in [2.05, 4.69) is 11.3 Å². The van der Waals surface area contributed by atoms with Crippen LogP contribution in [0.1, 0.15) is 11.1 Å². The van der Waals surface area contributed by atoms with Gasteiger partial charge in [0.25, 0.3) is 0 Å². The fraction of sp³-hybridized carbons (Fsp3) is 0.200. The predicted molar refractivity (Wildman–Crippen MR) is 49.1 cm³/mol.